The van der Waals surface area contributed by atoms with Crippen molar-refractivity contribution < 1.29 is 4.74 Å². The van der Waals surface area contributed by atoms with Crippen LogP contribution in [0.3, 0.4) is 0 Å². The molecular weight excluding hydrogens is 254 g/mol. The predicted octanol–water partition coefficient (Wildman–Crippen LogP) is 2.97. The minimum absolute atomic E-state index is 0.706. The van der Waals surface area contributed by atoms with E-state index in [-0.39, 0.29) is 0 Å². The normalized spacial score (nSPS) is 10.5. The summed E-state index contributed by atoms with van der Waals surface area (Å²) in [4.78, 5) is 0. The molecule has 0 spiro atoms. The lowest BCUT2D eigenvalue weighted by Crippen LogP contribution is -2.16. The Morgan fingerprint density at radius 1 is 1.27 bits per heavy atom. The van der Waals surface area contributed by atoms with Gasteiger partial charge in [-0.1, -0.05) is 15.9 Å². The largest absolute Gasteiger partial charge is 0.492 e. The fourth-order valence-corrected chi connectivity index (χ4v) is 1.84. The number of hydrogen-bond donors (Lipinski definition) is 1. The monoisotopic (exact) mass is 271 g/mol. The minimum atomic E-state index is 0.706. The van der Waals surface area contributed by atoms with Gasteiger partial charge in [0.1, 0.15) is 12.4 Å². The molecule has 0 amide bonds. The molecule has 1 aromatic rings. The van der Waals surface area contributed by atoms with Gasteiger partial charge >= 0.3 is 0 Å². The zero-order valence-electron chi connectivity index (χ0n) is 9.78. The zero-order valence-corrected chi connectivity index (χ0v) is 11.4. The maximum atomic E-state index is 5.71. The molecule has 1 aromatic carbocycles. The van der Waals surface area contributed by atoms with Crippen LogP contribution in [0.15, 0.2) is 10.5 Å². The second kappa shape index (κ2) is 5.52. The zero-order chi connectivity index (χ0) is 11.4. The van der Waals surface area contributed by atoms with Gasteiger partial charge in [0.05, 0.1) is 0 Å². The summed E-state index contributed by atoms with van der Waals surface area (Å²) in [5.41, 5.74) is 3.69. The van der Waals surface area contributed by atoms with Crippen molar-refractivity contribution in [2.75, 3.05) is 20.2 Å². The van der Waals surface area contributed by atoms with Gasteiger partial charge in [0.2, 0.25) is 0 Å². The van der Waals surface area contributed by atoms with Crippen LogP contribution in [0, 0.1) is 20.8 Å². The Balaban J connectivity index is 2.89. The maximum absolute atomic E-state index is 5.71. The van der Waals surface area contributed by atoms with Crippen LogP contribution in [0.25, 0.3) is 0 Å². The van der Waals surface area contributed by atoms with E-state index in [9.17, 15) is 0 Å². The molecule has 1 N–H and O–H groups in total. The molecule has 0 aromatic heterocycles. The van der Waals surface area contributed by atoms with Crippen LogP contribution in [0.4, 0.5) is 0 Å². The summed E-state index contributed by atoms with van der Waals surface area (Å²) < 4.78 is 6.89. The minimum Gasteiger partial charge on any atom is -0.492 e. The van der Waals surface area contributed by atoms with Crippen molar-refractivity contribution in [1.82, 2.24) is 5.32 Å². The van der Waals surface area contributed by atoms with Gasteiger partial charge < -0.3 is 10.1 Å². The first kappa shape index (κ1) is 12.5. The number of halogens is 1. The molecule has 0 fully saturated rings. The van der Waals surface area contributed by atoms with E-state index in [1.54, 1.807) is 0 Å². The van der Waals surface area contributed by atoms with Crippen LogP contribution in [0.1, 0.15) is 16.7 Å². The maximum Gasteiger partial charge on any atom is 0.122 e. The Bertz CT molecular complexity index is 350. The van der Waals surface area contributed by atoms with E-state index in [2.05, 4.69) is 48.1 Å². The number of hydrogen-bond acceptors (Lipinski definition) is 2. The molecular formula is C12H18BrNO. The average Bonchev–Trinajstić information content (AvgIpc) is 2.23. The first-order valence-corrected chi connectivity index (χ1v) is 5.91. The lowest BCUT2D eigenvalue weighted by atomic mass is 10.1. The van der Waals surface area contributed by atoms with Crippen LogP contribution < -0.4 is 10.1 Å². The molecule has 2 nitrogen and oxygen atoms in total. The molecule has 0 aliphatic rings. The topological polar surface area (TPSA) is 21.3 Å². The predicted molar refractivity (Wildman–Crippen MR) is 67.8 cm³/mol. The number of nitrogens with one attached hydrogen (secondary N) is 1. The standard InChI is InChI=1S/C12H18BrNO/c1-8-7-11(15-6-5-14-4)9(2)10(3)12(8)13/h7,14H,5-6H2,1-4H3. The summed E-state index contributed by atoms with van der Waals surface area (Å²) in [6, 6.07) is 2.09. The number of likely N-dealkylation sites (N-methyl/N-ethyl adjacent to an activating group) is 1. The summed E-state index contributed by atoms with van der Waals surface area (Å²) in [6.45, 7) is 7.86. The highest BCUT2D eigenvalue weighted by molar-refractivity contribution is 9.10. The van der Waals surface area contributed by atoms with Crippen LogP contribution >= 0.6 is 15.9 Å². The van der Waals surface area contributed by atoms with E-state index in [0.717, 1.165) is 12.3 Å². The molecule has 0 heterocycles. The Kier molecular flexibility index (Phi) is 4.61. The molecule has 0 bridgehead atoms. The Morgan fingerprint density at radius 3 is 2.53 bits per heavy atom. The van der Waals surface area contributed by atoms with Gasteiger partial charge in [0.25, 0.3) is 0 Å². The quantitative estimate of drug-likeness (QED) is 0.851. The van der Waals surface area contributed by atoms with Crippen molar-refractivity contribution >= 4 is 15.9 Å². The summed E-state index contributed by atoms with van der Waals surface area (Å²) >= 11 is 3.58. The van der Waals surface area contributed by atoms with E-state index in [1.807, 2.05) is 7.05 Å². The smallest absolute Gasteiger partial charge is 0.122 e. The highest BCUT2D eigenvalue weighted by Crippen LogP contribution is 2.30. The van der Waals surface area contributed by atoms with Crippen LogP contribution in [-0.4, -0.2) is 20.2 Å². The number of ether oxygens (including phenoxy) is 1. The molecule has 0 saturated heterocycles. The third-order valence-electron chi connectivity index (χ3n) is 2.56. The van der Waals surface area contributed by atoms with E-state index in [1.165, 1.54) is 21.2 Å². The highest BCUT2D eigenvalue weighted by atomic mass is 79.9. The van der Waals surface area contributed by atoms with Gasteiger partial charge in [0.15, 0.2) is 0 Å². The molecule has 3 heteroatoms. The Labute approximate surface area is 100 Å². The fourth-order valence-electron chi connectivity index (χ4n) is 1.43. The Morgan fingerprint density at radius 2 is 1.93 bits per heavy atom. The van der Waals surface area contributed by atoms with E-state index in [4.69, 9.17) is 4.74 Å². The van der Waals surface area contributed by atoms with Gasteiger partial charge in [-0.25, -0.2) is 0 Å². The van der Waals surface area contributed by atoms with Crippen molar-refractivity contribution in [1.29, 1.82) is 0 Å². The van der Waals surface area contributed by atoms with Crippen molar-refractivity contribution in [2.45, 2.75) is 20.8 Å². The van der Waals surface area contributed by atoms with Crippen molar-refractivity contribution in [2.24, 2.45) is 0 Å². The summed E-state index contributed by atoms with van der Waals surface area (Å²) in [7, 11) is 1.92. The molecule has 84 valence electrons. The van der Waals surface area contributed by atoms with Gasteiger partial charge in [-0.15, -0.1) is 0 Å². The molecule has 0 aliphatic heterocycles. The summed E-state index contributed by atoms with van der Waals surface area (Å²) in [5.74, 6) is 0.989. The lowest BCUT2D eigenvalue weighted by molar-refractivity contribution is 0.316. The van der Waals surface area contributed by atoms with Gasteiger partial charge in [-0.3, -0.25) is 0 Å². The second-order valence-corrected chi connectivity index (χ2v) is 4.50. The fraction of sp³-hybridized carbons (Fsp3) is 0.500. The molecule has 1 rings (SSSR count). The van der Waals surface area contributed by atoms with Gasteiger partial charge in [-0.2, -0.15) is 0 Å². The van der Waals surface area contributed by atoms with Crippen molar-refractivity contribution in [3.05, 3.63) is 27.2 Å². The molecule has 0 atom stereocenters. The first-order valence-electron chi connectivity index (χ1n) is 5.11. The molecule has 0 aliphatic carbocycles. The van der Waals surface area contributed by atoms with Crippen molar-refractivity contribution in [3.8, 4) is 5.75 Å². The molecule has 0 saturated carbocycles. The number of aryl methyl sites for hydroxylation is 1. The van der Waals surface area contributed by atoms with E-state index < -0.39 is 0 Å². The van der Waals surface area contributed by atoms with E-state index >= 15 is 0 Å². The van der Waals surface area contributed by atoms with Gasteiger partial charge in [0, 0.05) is 11.0 Å². The third-order valence-corrected chi connectivity index (χ3v) is 3.78. The van der Waals surface area contributed by atoms with Crippen molar-refractivity contribution in [3.63, 3.8) is 0 Å². The summed E-state index contributed by atoms with van der Waals surface area (Å²) in [6.07, 6.45) is 0. The van der Waals surface area contributed by atoms with Crippen LogP contribution in [-0.2, 0) is 0 Å². The summed E-state index contributed by atoms with van der Waals surface area (Å²) in [5, 5.41) is 3.06. The first-order chi connectivity index (χ1) is 7.07. The van der Waals surface area contributed by atoms with Gasteiger partial charge in [-0.05, 0) is 50.6 Å². The number of rotatable bonds is 4. The lowest BCUT2D eigenvalue weighted by Gasteiger charge is -2.14. The van der Waals surface area contributed by atoms with Crippen LogP contribution in [0.5, 0.6) is 5.75 Å². The SMILES string of the molecule is CNCCOc1cc(C)c(Br)c(C)c1C. The van der Waals surface area contributed by atoms with Crippen LogP contribution in [0.2, 0.25) is 0 Å². The average molecular weight is 272 g/mol. The third kappa shape index (κ3) is 2.95. The number of benzene rings is 1. The molecule has 0 radical (unpaired) electrons. The van der Waals surface area contributed by atoms with E-state index in [0.29, 0.717) is 6.61 Å². The molecule has 15 heavy (non-hydrogen) atoms. The second-order valence-electron chi connectivity index (χ2n) is 3.71. The highest BCUT2D eigenvalue weighted by Gasteiger charge is 2.08. The molecule has 0 unspecified atom stereocenters. The Hall–Kier alpha value is -0.540.